The summed E-state index contributed by atoms with van der Waals surface area (Å²) in [5, 5.41) is 13.8. The highest BCUT2D eigenvalue weighted by molar-refractivity contribution is 14.1. The lowest BCUT2D eigenvalue weighted by atomic mass is 10.3. The molecule has 0 aliphatic rings. The van der Waals surface area contributed by atoms with E-state index in [0.717, 1.165) is 0 Å². The molecule has 3 N–H and O–H groups in total. The molecular formula is C14H13F4IN4O. The van der Waals surface area contributed by atoms with Crippen LogP contribution in [-0.4, -0.2) is 28.2 Å². The van der Waals surface area contributed by atoms with Crippen LogP contribution in [0.1, 0.15) is 12.1 Å². The van der Waals surface area contributed by atoms with E-state index in [-0.39, 0.29) is 30.6 Å². The van der Waals surface area contributed by atoms with Crippen molar-refractivity contribution in [2.24, 2.45) is 0 Å². The fraction of sp³-hybridized carbons (Fsp3) is 0.286. The summed E-state index contributed by atoms with van der Waals surface area (Å²) in [7, 11) is 0. The Bertz CT molecular complexity index is 712. The van der Waals surface area contributed by atoms with Crippen LogP contribution in [-0.2, 0) is 6.18 Å². The zero-order valence-corrected chi connectivity index (χ0v) is 14.3. The zero-order chi connectivity index (χ0) is 17.7. The summed E-state index contributed by atoms with van der Waals surface area (Å²) in [6, 6.07) is 4.97. The molecule has 0 saturated heterocycles. The molecule has 0 aliphatic carbocycles. The molecule has 1 heterocycles. The first-order chi connectivity index (χ1) is 11.3. The van der Waals surface area contributed by atoms with E-state index >= 15 is 0 Å². The van der Waals surface area contributed by atoms with Crippen molar-refractivity contribution >= 4 is 40.0 Å². The molecular weight excluding hydrogens is 443 g/mol. The highest BCUT2D eigenvalue weighted by Crippen LogP contribution is 2.31. The van der Waals surface area contributed by atoms with Crippen LogP contribution in [0.5, 0.6) is 0 Å². The van der Waals surface area contributed by atoms with Crippen LogP contribution in [0.15, 0.2) is 24.3 Å². The predicted octanol–water partition coefficient (Wildman–Crippen LogP) is 3.78. The Kier molecular flexibility index (Phi) is 6.15. The first-order valence-electron chi connectivity index (χ1n) is 6.82. The number of rotatable bonds is 6. The summed E-state index contributed by atoms with van der Waals surface area (Å²) >= 11 is 1.92. The van der Waals surface area contributed by atoms with E-state index in [1.807, 2.05) is 22.6 Å². The van der Waals surface area contributed by atoms with E-state index in [0.29, 0.717) is 16.1 Å². The van der Waals surface area contributed by atoms with Crippen molar-refractivity contribution in [3.05, 3.63) is 39.3 Å². The van der Waals surface area contributed by atoms with Crippen molar-refractivity contribution in [3.8, 4) is 0 Å². The van der Waals surface area contributed by atoms with Gasteiger partial charge in [-0.3, -0.25) is 0 Å². The van der Waals surface area contributed by atoms with Crippen molar-refractivity contribution in [2.45, 2.75) is 12.6 Å². The van der Waals surface area contributed by atoms with Crippen LogP contribution in [0.25, 0.3) is 0 Å². The lowest BCUT2D eigenvalue weighted by Gasteiger charge is -2.13. The minimum absolute atomic E-state index is 0.00329. The van der Waals surface area contributed by atoms with Gasteiger partial charge in [0.05, 0.1) is 5.69 Å². The van der Waals surface area contributed by atoms with Crippen LogP contribution in [0.2, 0.25) is 0 Å². The molecule has 2 rings (SSSR count). The smallest absolute Gasteiger partial charge is 0.396 e. The number of hydrogen-bond acceptors (Lipinski definition) is 5. The van der Waals surface area contributed by atoms with E-state index in [4.69, 9.17) is 5.11 Å². The third-order valence-electron chi connectivity index (χ3n) is 2.83. The number of aliphatic hydroxyl groups is 1. The van der Waals surface area contributed by atoms with E-state index < -0.39 is 17.7 Å². The largest absolute Gasteiger partial charge is 0.433 e. The monoisotopic (exact) mass is 456 g/mol. The van der Waals surface area contributed by atoms with Gasteiger partial charge in [0.15, 0.2) is 5.69 Å². The van der Waals surface area contributed by atoms with Gasteiger partial charge in [-0.25, -0.2) is 9.37 Å². The Balaban J connectivity index is 2.31. The number of anilines is 3. The van der Waals surface area contributed by atoms with Crippen molar-refractivity contribution in [2.75, 3.05) is 23.8 Å². The zero-order valence-electron chi connectivity index (χ0n) is 12.2. The second kappa shape index (κ2) is 7.92. The SMILES string of the molecule is OCCCNc1nc(Nc2ccc(I)cc2F)cc(C(F)(F)F)n1. The van der Waals surface area contributed by atoms with Gasteiger partial charge < -0.3 is 15.7 Å². The maximum atomic E-state index is 13.8. The Morgan fingerprint density at radius 3 is 2.54 bits per heavy atom. The number of nitrogens with zero attached hydrogens (tertiary/aromatic N) is 2. The van der Waals surface area contributed by atoms with Gasteiger partial charge in [-0.2, -0.15) is 18.2 Å². The third-order valence-corrected chi connectivity index (χ3v) is 3.50. The molecule has 0 unspecified atom stereocenters. The van der Waals surface area contributed by atoms with Gasteiger partial charge in [0.25, 0.3) is 0 Å². The quantitative estimate of drug-likeness (QED) is 0.351. The summed E-state index contributed by atoms with van der Waals surface area (Å²) in [6.45, 7) is 0.0834. The molecule has 0 spiro atoms. The van der Waals surface area contributed by atoms with Crippen molar-refractivity contribution in [1.29, 1.82) is 0 Å². The van der Waals surface area contributed by atoms with E-state index in [1.54, 1.807) is 6.07 Å². The lowest BCUT2D eigenvalue weighted by Crippen LogP contribution is -2.14. The molecule has 0 bridgehead atoms. The summed E-state index contributed by atoms with van der Waals surface area (Å²) in [5.74, 6) is -1.06. The van der Waals surface area contributed by atoms with Crippen LogP contribution in [0, 0.1) is 9.39 Å². The van der Waals surface area contributed by atoms with Crippen molar-refractivity contribution < 1.29 is 22.7 Å². The maximum Gasteiger partial charge on any atom is 0.433 e. The third kappa shape index (κ3) is 5.16. The standard InChI is InChI=1S/C14H13F4IN4O/c15-9-6-8(19)2-3-10(9)21-12-7-11(14(16,17)18)22-13(23-12)20-4-1-5-24/h2-3,6-7,24H,1,4-5H2,(H2,20,21,22,23). The minimum Gasteiger partial charge on any atom is -0.396 e. The van der Waals surface area contributed by atoms with Gasteiger partial charge in [0, 0.05) is 22.8 Å². The second-order valence-corrected chi connectivity index (χ2v) is 5.96. The molecule has 10 heteroatoms. The molecule has 0 fully saturated rings. The van der Waals surface area contributed by atoms with Gasteiger partial charge in [0.2, 0.25) is 5.95 Å². The number of halogens is 5. The molecule has 0 radical (unpaired) electrons. The molecule has 0 atom stereocenters. The molecule has 1 aromatic heterocycles. The number of nitrogens with one attached hydrogen (secondary N) is 2. The maximum absolute atomic E-state index is 13.8. The topological polar surface area (TPSA) is 70.1 Å². The fourth-order valence-electron chi connectivity index (χ4n) is 1.74. The van der Waals surface area contributed by atoms with Crippen molar-refractivity contribution in [3.63, 3.8) is 0 Å². The van der Waals surface area contributed by atoms with E-state index in [9.17, 15) is 17.6 Å². The molecule has 130 valence electrons. The first kappa shape index (κ1) is 18.6. The number of benzene rings is 1. The molecule has 2 aromatic rings. The first-order valence-corrected chi connectivity index (χ1v) is 7.90. The van der Waals surface area contributed by atoms with Crippen LogP contribution in [0.4, 0.5) is 35.0 Å². The predicted molar refractivity (Wildman–Crippen MR) is 89.6 cm³/mol. The number of alkyl halides is 3. The van der Waals surface area contributed by atoms with Crippen LogP contribution < -0.4 is 10.6 Å². The van der Waals surface area contributed by atoms with Gasteiger partial charge >= 0.3 is 6.18 Å². The van der Waals surface area contributed by atoms with Crippen LogP contribution in [0.3, 0.4) is 0 Å². The Morgan fingerprint density at radius 2 is 1.92 bits per heavy atom. The summed E-state index contributed by atoms with van der Waals surface area (Å²) in [6.07, 6.45) is -4.34. The normalized spacial score (nSPS) is 11.4. The van der Waals surface area contributed by atoms with Gasteiger partial charge in [-0.1, -0.05) is 0 Å². The van der Waals surface area contributed by atoms with E-state index in [2.05, 4.69) is 20.6 Å². The summed E-state index contributed by atoms with van der Waals surface area (Å²) < 4.78 is 53.3. The van der Waals surface area contributed by atoms with Crippen molar-refractivity contribution in [1.82, 2.24) is 9.97 Å². The van der Waals surface area contributed by atoms with Gasteiger partial charge in [0.1, 0.15) is 11.6 Å². The Labute approximate surface area is 148 Å². The van der Waals surface area contributed by atoms with Gasteiger partial charge in [-0.05, 0) is 47.2 Å². The molecule has 24 heavy (non-hydrogen) atoms. The van der Waals surface area contributed by atoms with E-state index in [1.165, 1.54) is 12.1 Å². The van der Waals surface area contributed by atoms with Crippen LogP contribution >= 0.6 is 22.6 Å². The number of hydrogen-bond donors (Lipinski definition) is 3. The summed E-state index contributed by atoms with van der Waals surface area (Å²) in [5.41, 5.74) is -1.15. The molecule has 0 amide bonds. The molecule has 5 nitrogen and oxygen atoms in total. The minimum atomic E-state index is -4.67. The average Bonchev–Trinajstić information content (AvgIpc) is 2.49. The van der Waals surface area contributed by atoms with Gasteiger partial charge in [-0.15, -0.1) is 0 Å². The molecule has 1 aromatic carbocycles. The average molecular weight is 456 g/mol. The fourth-order valence-corrected chi connectivity index (χ4v) is 2.20. The Hall–Kier alpha value is -1.69. The summed E-state index contributed by atoms with van der Waals surface area (Å²) in [4.78, 5) is 7.28. The molecule has 0 saturated carbocycles. The highest BCUT2D eigenvalue weighted by Gasteiger charge is 2.33. The second-order valence-electron chi connectivity index (χ2n) is 4.71. The molecule has 0 aliphatic heterocycles. The highest BCUT2D eigenvalue weighted by atomic mass is 127. The Morgan fingerprint density at radius 1 is 1.17 bits per heavy atom. The number of aromatic nitrogens is 2. The lowest BCUT2D eigenvalue weighted by molar-refractivity contribution is -0.141. The number of aliphatic hydroxyl groups excluding tert-OH is 1.